The molecule has 4 heteroatoms. The molecule has 2 aliphatic carbocycles. The average Bonchev–Trinajstić information content (AvgIpc) is 3.59. The highest BCUT2D eigenvalue weighted by molar-refractivity contribution is 6.12. The molecule has 0 bridgehead atoms. The van der Waals surface area contributed by atoms with Crippen LogP contribution >= 0.6 is 0 Å². The van der Waals surface area contributed by atoms with Crippen LogP contribution in [-0.4, -0.2) is 11.7 Å². The lowest BCUT2D eigenvalue weighted by atomic mass is 9.82. The standard InChI is InChI=1S/C43H35N3O/c1-27(45-42(31-15-8-5-9-16-31)46-41(44)30-13-6-4-7-14-30)28-21-23-29(24-22-28)32-18-12-19-34-36-25-38-35(26-39(36)47-40(32)34)33-17-10-11-20-37(33)43(38,2)3/h4-21,23,25-26H,1,22,24H2,2-3H3,(H2,44,45,46). The summed E-state index contributed by atoms with van der Waals surface area (Å²) in [6.07, 6.45) is 5.98. The maximum atomic E-state index is 6.67. The number of furan rings is 1. The van der Waals surface area contributed by atoms with Crippen LogP contribution in [0, 0.1) is 0 Å². The van der Waals surface area contributed by atoms with Crippen LogP contribution in [0.5, 0.6) is 0 Å². The van der Waals surface area contributed by atoms with Crippen molar-refractivity contribution in [1.82, 2.24) is 0 Å². The zero-order chi connectivity index (χ0) is 32.1. The molecule has 8 rings (SSSR count). The first-order valence-corrected chi connectivity index (χ1v) is 16.1. The topological polar surface area (TPSA) is 63.9 Å². The molecule has 4 nitrogen and oxygen atoms in total. The van der Waals surface area contributed by atoms with Crippen LogP contribution in [0.1, 0.15) is 54.5 Å². The van der Waals surface area contributed by atoms with Crippen molar-refractivity contribution in [2.24, 2.45) is 15.7 Å². The molecule has 0 atom stereocenters. The number of hydrogen-bond acceptors (Lipinski definition) is 2. The van der Waals surface area contributed by atoms with Gasteiger partial charge in [-0.15, -0.1) is 0 Å². The van der Waals surface area contributed by atoms with E-state index in [-0.39, 0.29) is 5.41 Å². The summed E-state index contributed by atoms with van der Waals surface area (Å²) in [7, 11) is 0. The lowest BCUT2D eigenvalue weighted by Gasteiger charge is -2.21. The Bertz CT molecular complexity index is 2330. The van der Waals surface area contributed by atoms with Gasteiger partial charge >= 0.3 is 0 Å². The molecule has 0 spiro atoms. The Morgan fingerprint density at radius 2 is 1.38 bits per heavy atom. The lowest BCUT2D eigenvalue weighted by molar-refractivity contribution is 0.657. The molecule has 0 saturated carbocycles. The number of para-hydroxylation sites is 1. The zero-order valence-electron chi connectivity index (χ0n) is 26.6. The molecule has 228 valence electrons. The number of nitrogens with zero attached hydrogens (tertiary/aromatic N) is 2. The number of aliphatic imine (C=N–C) groups is 2. The quantitative estimate of drug-likeness (QED) is 0.156. The van der Waals surface area contributed by atoms with E-state index in [0.29, 0.717) is 17.4 Å². The van der Waals surface area contributed by atoms with Gasteiger partial charge in [0.05, 0.1) is 5.70 Å². The monoisotopic (exact) mass is 609 g/mol. The fourth-order valence-corrected chi connectivity index (χ4v) is 7.08. The van der Waals surface area contributed by atoms with Crippen molar-refractivity contribution in [1.29, 1.82) is 0 Å². The summed E-state index contributed by atoms with van der Waals surface area (Å²) in [6.45, 7) is 8.98. The molecule has 5 aromatic carbocycles. The Balaban J connectivity index is 1.14. The van der Waals surface area contributed by atoms with E-state index in [2.05, 4.69) is 87.2 Å². The van der Waals surface area contributed by atoms with Crippen molar-refractivity contribution in [2.75, 3.05) is 0 Å². The third-order valence-corrected chi connectivity index (χ3v) is 9.64. The number of amidine groups is 2. The first-order chi connectivity index (χ1) is 22.9. The van der Waals surface area contributed by atoms with Gasteiger partial charge in [-0.25, -0.2) is 9.98 Å². The van der Waals surface area contributed by atoms with Crippen LogP contribution in [0.15, 0.2) is 160 Å². The van der Waals surface area contributed by atoms with Crippen LogP contribution in [0.4, 0.5) is 0 Å². The van der Waals surface area contributed by atoms with Gasteiger partial charge in [-0.1, -0.05) is 136 Å². The molecule has 47 heavy (non-hydrogen) atoms. The van der Waals surface area contributed by atoms with Gasteiger partial charge in [0.25, 0.3) is 0 Å². The van der Waals surface area contributed by atoms with E-state index in [1.165, 1.54) is 33.2 Å². The van der Waals surface area contributed by atoms with Gasteiger partial charge in [0.1, 0.15) is 17.0 Å². The molecule has 0 aliphatic heterocycles. The molecule has 0 unspecified atom stereocenters. The fourth-order valence-electron chi connectivity index (χ4n) is 7.08. The molecule has 2 aliphatic rings. The second-order valence-electron chi connectivity index (χ2n) is 12.8. The number of allylic oxidation sites excluding steroid dienone is 4. The highest BCUT2D eigenvalue weighted by atomic mass is 16.3. The van der Waals surface area contributed by atoms with Crippen molar-refractivity contribution in [3.05, 3.63) is 173 Å². The number of benzene rings is 5. The Morgan fingerprint density at radius 3 is 2.13 bits per heavy atom. The summed E-state index contributed by atoms with van der Waals surface area (Å²) in [5, 5.41) is 2.32. The molecular formula is C43H35N3O. The van der Waals surface area contributed by atoms with Crippen molar-refractivity contribution >= 4 is 39.2 Å². The molecule has 1 aromatic heterocycles. The van der Waals surface area contributed by atoms with Gasteiger partial charge in [-0.05, 0) is 58.4 Å². The Kier molecular flexibility index (Phi) is 6.87. The largest absolute Gasteiger partial charge is 0.455 e. The summed E-state index contributed by atoms with van der Waals surface area (Å²) < 4.78 is 6.67. The zero-order valence-corrected chi connectivity index (χ0v) is 26.6. The van der Waals surface area contributed by atoms with E-state index in [1.54, 1.807) is 0 Å². The van der Waals surface area contributed by atoms with Crippen molar-refractivity contribution in [3.8, 4) is 11.1 Å². The summed E-state index contributed by atoms with van der Waals surface area (Å²) in [6, 6.07) is 39.5. The highest BCUT2D eigenvalue weighted by Crippen LogP contribution is 2.51. The van der Waals surface area contributed by atoms with Crippen molar-refractivity contribution < 1.29 is 4.42 Å². The van der Waals surface area contributed by atoms with Gasteiger partial charge in [-0.2, -0.15) is 0 Å². The average molecular weight is 610 g/mol. The van der Waals surface area contributed by atoms with E-state index in [0.717, 1.165) is 51.7 Å². The van der Waals surface area contributed by atoms with Crippen molar-refractivity contribution in [2.45, 2.75) is 32.1 Å². The Labute approximate surface area is 275 Å². The van der Waals surface area contributed by atoms with Gasteiger partial charge in [0, 0.05) is 32.9 Å². The van der Waals surface area contributed by atoms with Crippen LogP contribution in [0.2, 0.25) is 0 Å². The number of nitrogens with two attached hydrogens (primary N) is 1. The third kappa shape index (κ3) is 4.94. The molecule has 1 heterocycles. The van der Waals surface area contributed by atoms with E-state index in [9.17, 15) is 0 Å². The van der Waals surface area contributed by atoms with Crippen LogP contribution in [0.25, 0.3) is 38.6 Å². The molecule has 0 amide bonds. The normalized spacial score (nSPS) is 15.7. The molecular weight excluding hydrogens is 574 g/mol. The second kappa shape index (κ2) is 11.3. The van der Waals surface area contributed by atoms with Crippen LogP contribution in [0.3, 0.4) is 0 Å². The maximum Gasteiger partial charge on any atom is 0.162 e. The summed E-state index contributed by atoms with van der Waals surface area (Å²) in [5.41, 5.74) is 19.4. The second-order valence-corrected chi connectivity index (χ2v) is 12.8. The predicted octanol–water partition coefficient (Wildman–Crippen LogP) is 10.4. The van der Waals surface area contributed by atoms with E-state index >= 15 is 0 Å². The first kappa shape index (κ1) is 28.7. The van der Waals surface area contributed by atoms with E-state index < -0.39 is 0 Å². The number of hydrogen-bond donors (Lipinski definition) is 1. The van der Waals surface area contributed by atoms with Gasteiger partial charge < -0.3 is 10.2 Å². The molecule has 6 aromatic rings. The molecule has 0 fully saturated rings. The fraction of sp³-hybridized carbons (Fsp3) is 0.116. The minimum absolute atomic E-state index is 0.0573. The van der Waals surface area contributed by atoms with Gasteiger partial charge in [0.2, 0.25) is 0 Å². The van der Waals surface area contributed by atoms with Crippen molar-refractivity contribution in [3.63, 3.8) is 0 Å². The maximum absolute atomic E-state index is 6.67. The van der Waals surface area contributed by atoms with Gasteiger partial charge in [0.15, 0.2) is 5.84 Å². The van der Waals surface area contributed by atoms with Crippen LogP contribution in [-0.2, 0) is 5.41 Å². The smallest absolute Gasteiger partial charge is 0.162 e. The number of fused-ring (bicyclic) bond motifs is 6. The van der Waals surface area contributed by atoms with E-state index in [4.69, 9.17) is 20.1 Å². The predicted molar refractivity (Wildman–Crippen MR) is 196 cm³/mol. The minimum Gasteiger partial charge on any atom is -0.455 e. The Morgan fingerprint density at radius 1 is 0.681 bits per heavy atom. The first-order valence-electron chi connectivity index (χ1n) is 16.1. The van der Waals surface area contributed by atoms with E-state index in [1.807, 2.05) is 60.7 Å². The minimum atomic E-state index is -0.0573. The third-order valence-electron chi connectivity index (χ3n) is 9.64. The molecule has 0 radical (unpaired) electrons. The summed E-state index contributed by atoms with van der Waals surface area (Å²) in [4.78, 5) is 9.65. The van der Waals surface area contributed by atoms with Gasteiger partial charge in [-0.3, -0.25) is 0 Å². The molecule has 0 saturated heterocycles. The lowest BCUT2D eigenvalue weighted by Crippen LogP contribution is -2.16. The molecule has 2 N–H and O–H groups in total. The highest BCUT2D eigenvalue weighted by Gasteiger charge is 2.36. The Hall–Kier alpha value is -5.74. The number of rotatable bonds is 5. The SMILES string of the molecule is C=C(N=C(N=C(N)c1ccccc1)c1ccccc1)C1=CC=C(c2cccc3c2oc2cc4c(cc23)C(C)(C)c2ccccc2-4)CC1. The van der Waals surface area contributed by atoms with Crippen LogP contribution < -0.4 is 5.73 Å². The summed E-state index contributed by atoms with van der Waals surface area (Å²) >= 11 is 0. The summed E-state index contributed by atoms with van der Waals surface area (Å²) in [5.74, 6) is 0.954.